The van der Waals surface area contributed by atoms with Crippen LogP contribution in [0.1, 0.15) is 33.5 Å². The van der Waals surface area contributed by atoms with Crippen LogP contribution in [0.4, 0.5) is 0 Å². The van der Waals surface area contributed by atoms with Crippen molar-refractivity contribution in [1.29, 1.82) is 0 Å². The summed E-state index contributed by atoms with van der Waals surface area (Å²) in [4.78, 5) is 65.1. The van der Waals surface area contributed by atoms with E-state index in [0.29, 0.717) is 17.0 Å². The number of nitrogens with zero attached hydrogens (tertiary/aromatic N) is 1. The van der Waals surface area contributed by atoms with E-state index in [1.807, 2.05) is 0 Å². The lowest BCUT2D eigenvalue weighted by Gasteiger charge is -2.43. The molecule has 0 spiro atoms. The average molecular weight is 584 g/mol. The number of carbonyl (C=O) groups is 4. The molecule has 3 aromatic rings. The van der Waals surface area contributed by atoms with Crippen LogP contribution in [0.2, 0.25) is 0 Å². The molecule has 1 aromatic carbocycles. The van der Waals surface area contributed by atoms with Gasteiger partial charge in [0.15, 0.2) is 12.2 Å². The molecule has 222 valence electrons. The third-order valence-corrected chi connectivity index (χ3v) is 6.16. The van der Waals surface area contributed by atoms with Gasteiger partial charge in [-0.1, -0.05) is 6.07 Å². The maximum atomic E-state index is 13.3. The number of benzene rings is 1. The molecule has 1 aliphatic rings. The quantitative estimate of drug-likeness (QED) is 0.281. The number of aromatic nitrogens is 1. The minimum Gasteiger partial charge on any atom is -0.463 e. The topological polar surface area (TPSA) is 167 Å². The fourth-order valence-electron chi connectivity index (χ4n) is 4.58. The molecular formula is C29H29NO12. The summed E-state index contributed by atoms with van der Waals surface area (Å²) in [5.74, 6) is -2.47. The Hall–Kier alpha value is -4.78. The van der Waals surface area contributed by atoms with Gasteiger partial charge in [0.05, 0.1) is 16.6 Å². The van der Waals surface area contributed by atoms with E-state index in [1.165, 1.54) is 25.1 Å². The summed E-state index contributed by atoms with van der Waals surface area (Å²) < 4.78 is 39.2. The Bertz CT molecular complexity index is 1550. The Morgan fingerprint density at radius 3 is 2.14 bits per heavy atom. The van der Waals surface area contributed by atoms with Crippen molar-refractivity contribution in [3.8, 4) is 17.0 Å². The number of hydrogen-bond acceptors (Lipinski definition) is 13. The van der Waals surface area contributed by atoms with Gasteiger partial charge in [-0.05, 0) is 31.2 Å². The number of pyridine rings is 1. The van der Waals surface area contributed by atoms with Gasteiger partial charge in [-0.3, -0.25) is 29.0 Å². The first-order chi connectivity index (χ1) is 19.9. The number of aryl methyl sites for hydroxylation is 1. The molecule has 0 N–H and O–H groups in total. The fourth-order valence-corrected chi connectivity index (χ4v) is 4.58. The van der Waals surface area contributed by atoms with Crippen LogP contribution < -0.4 is 10.2 Å². The summed E-state index contributed by atoms with van der Waals surface area (Å²) in [5.41, 5.74) is 0.673. The molecule has 3 heterocycles. The van der Waals surface area contributed by atoms with E-state index in [2.05, 4.69) is 4.98 Å². The average Bonchev–Trinajstić information content (AvgIpc) is 2.90. The molecule has 13 nitrogen and oxygen atoms in total. The predicted molar refractivity (Wildman–Crippen MR) is 143 cm³/mol. The first-order valence-corrected chi connectivity index (χ1v) is 12.9. The maximum Gasteiger partial charge on any atom is 0.303 e. The minimum atomic E-state index is -1.44. The van der Waals surface area contributed by atoms with Gasteiger partial charge in [0.25, 0.3) is 0 Å². The van der Waals surface area contributed by atoms with Gasteiger partial charge in [-0.25, -0.2) is 0 Å². The molecule has 42 heavy (non-hydrogen) atoms. The number of fused-ring (bicyclic) bond motifs is 1. The van der Waals surface area contributed by atoms with E-state index in [-0.39, 0.29) is 22.1 Å². The highest BCUT2D eigenvalue weighted by molar-refractivity contribution is 5.83. The van der Waals surface area contributed by atoms with E-state index in [1.54, 1.807) is 31.3 Å². The number of rotatable bonds is 8. The van der Waals surface area contributed by atoms with Gasteiger partial charge in [0.1, 0.15) is 29.8 Å². The van der Waals surface area contributed by atoms with Crippen molar-refractivity contribution in [3.05, 3.63) is 58.6 Å². The van der Waals surface area contributed by atoms with Crippen molar-refractivity contribution in [2.75, 3.05) is 6.61 Å². The Labute approximate surface area is 239 Å². The molecule has 1 saturated heterocycles. The minimum absolute atomic E-state index is 0.136. The molecule has 0 aliphatic carbocycles. The highest BCUT2D eigenvalue weighted by Crippen LogP contribution is 2.32. The van der Waals surface area contributed by atoms with Crippen molar-refractivity contribution in [1.82, 2.24) is 4.98 Å². The van der Waals surface area contributed by atoms with E-state index >= 15 is 0 Å². The summed E-state index contributed by atoms with van der Waals surface area (Å²) in [6, 6.07) is 9.61. The van der Waals surface area contributed by atoms with Crippen LogP contribution >= 0.6 is 0 Å². The zero-order chi connectivity index (χ0) is 30.6. The van der Waals surface area contributed by atoms with Gasteiger partial charge in [-0.15, -0.1) is 0 Å². The van der Waals surface area contributed by atoms with Crippen LogP contribution in [0.15, 0.2) is 51.8 Å². The molecule has 0 radical (unpaired) electrons. The Kier molecular flexibility index (Phi) is 9.21. The summed E-state index contributed by atoms with van der Waals surface area (Å²) in [5, 5.41) is 0.259. The molecule has 4 rings (SSSR count). The second kappa shape index (κ2) is 12.8. The van der Waals surface area contributed by atoms with E-state index in [4.69, 9.17) is 32.8 Å². The number of hydrogen-bond donors (Lipinski definition) is 0. The SMILES string of the molecule is CC(=O)OC[C@@H]1O[C@H](Oc2ccc3c(=O)c(-c4ccccn4)c(C)oc3c2)[C@H](OC(C)=O)[C@@H](OC(C)=O)[C@@H]1OC(C)=O. The molecule has 0 unspecified atom stereocenters. The van der Waals surface area contributed by atoms with Crippen LogP contribution in [0.5, 0.6) is 5.75 Å². The van der Waals surface area contributed by atoms with Gasteiger partial charge in [0.2, 0.25) is 17.8 Å². The number of ether oxygens (including phenoxy) is 6. The summed E-state index contributed by atoms with van der Waals surface area (Å²) in [6.45, 7) is 5.78. The maximum absolute atomic E-state index is 13.3. The Morgan fingerprint density at radius 1 is 0.857 bits per heavy atom. The van der Waals surface area contributed by atoms with Crippen molar-refractivity contribution in [3.63, 3.8) is 0 Å². The summed E-state index contributed by atoms with van der Waals surface area (Å²) in [6.07, 6.45) is -5.18. The standard InChI is InChI=1S/C29H29NO12/c1-14-24(21-8-6-7-11-30-21)25(35)20-10-9-19(12-22(20)37-14)41-29-28(40-18(5)34)27(39-17(4)33)26(38-16(3)32)23(42-29)13-36-15(2)31/h6-12,23,26-29H,13H2,1-5H3/t23-,26+,27-,28+,29-/m0/s1. The van der Waals surface area contributed by atoms with Gasteiger partial charge < -0.3 is 32.8 Å². The number of carbonyl (C=O) groups excluding carboxylic acids is 4. The summed E-state index contributed by atoms with van der Waals surface area (Å²) in [7, 11) is 0. The molecule has 2 aromatic heterocycles. The Balaban J connectivity index is 1.73. The zero-order valence-corrected chi connectivity index (χ0v) is 23.5. The molecule has 1 fully saturated rings. The van der Waals surface area contributed by atoms with E-state index in [9.17, 15) is 24.0 Å². The molecule has 13 heteroatoms. The lowest BCUT2D eigenvalue weighted by Crippen LogP contribution is -2.63. The van der Waals surface area contributed by atoms with Crippen LogP contribution in [-0.2, 0) is 42.9 Å². The number of esters is 4. The van der Waals surface area contributed by atoms with E-state index in [0.717, 1.165) is 20.8 Å². The van der Waals surface area contributed by atoms with Crippen LogP contribution in [-0.4, -0.2) is 66.2 Å². The lowest BCUT2D eigenvalue weighted by molar-refractivity contribution is -0.288. The smallest absolute Gasteiger partial charge is 0.303 e. The normalized spacial score (nSPS) is 21.7. The molecule has 0 saturated carbocycles. The van der Waals surface area contributed by atoms with Crippen molar-refractivity contribution < 1.29 is 52.0 Å². The molecular weight excluding hydrogens is 554 g/mol. The predicted octanol–water partition coefficient (Wildman–Crippen LogP) is 2.63. The van der Waals surface area contributed by atoms with Crippen molar-refractivity contribution in [2.45, 2.75) is 65.3 Å². The molecule has 1 aliphatic heterocycles. The van der Waals surface area contributed by atoms with Crippen molar-refractivity contribution >= 4 is 34.8 Å². The van der Waals surface area contributed by atoms with Crippen LogP contribution in [0.3, 0.4) is 0 Å². The monoisotopic (exact) mass is 583 g/mol. The third-order valence-electron chi connectivity index (χ3n) is 6.16. The van der Waals surface area contributed by atoms with Gasteiger partial charge in [0, 0.05) is 40.0 Å². The first-order valence-electron chi connectivity index (χ1n) is 12.9. The summed E-state index contributed by atoms with van der Waals surface area (Å²) >= 11 is 0. The second-order valence-corrected chi connectivity index (χ2v) is 9.42. The first kappa shape index (κ1) is 30.2. The van der Waals surface area contributed by atoms with Crippen LogP contribution in [0.25, 0.3) is 22.2 Å². The van der Waals surface area contributed by atoms with Crippen molar-refractivity contribution in [2.24, 2.45) is 0 Å². The van der Waals surface area contributed by atoms with Crippen LogP contribution in [0, 0.1) is 6.92 Å². The van der Waals surface area contributed by atoms with Gasteiger partial charge >= 0.3 is 23.9 Å². The highest BCUT2D eigenvalue weighted by atomic mass is 16.7. The second-order valence-electron chi connectivity index (χ2n) is 9.42. The lowest BCUT2D eigenvalue weighted by atomic mass is 9.98. The van der Waals surface area contributed by atoms with E-state index < -0.39 is 61.2 Å². The van der Waals surface area contributed by atoms with Gasteiger partial charge in [-0.2, -0.15) is 0 Å². The highest BCUT2D eigenvalue weighted by Gasteiger charge is 2.53. The third kappa shape index (κ3) is 6.92. The molecule has 0 bridgehead atoms. The molecule has 0 amide bonds. The fraction of sp³-hybridized carbons (Fsp3) is 0.379. The Morgan fingerprint density at radius 2 is 1.52 bits per heavy atom. The molecule has 5 atom stereocenters. The largest absolute Gasteiger partial charge is 0.463 e. The zero-order valence-electron chi connectivity index (χ0n) is 23.5.